The Kier molecular flexibility index (Phi) is 7.11. The molecule has 0 spiro atoms. The van der Waals surface area contributed by atoms with Crippen molar-refractivity contribution in [3.8, 4) is 0 Å². The molecule has 5 rings (SSSR count). The third kappa shape index (κ3) is 4.56. The summed E-state index contributed by atoms with van der Waals surface area (Å²) in [6.07, 6.45) is -4.27. The van der Waals surface area contributed by atoms with Gasteiger partial charge in [0.25, 0.3) is 0 Å². The summed E-state index contributed by atoms with van der Waals surface area (Å²) in [4.78, 5) is 27.9. The first-order valence-electron chi connectivity index (χ1n) is 13.3. The molecule has 0 saturated carbocycles. The van der Waals surface area contributed by atoms with Crippen molar-refractivity contribution in [1.29, 1.82) is 0 Å². The Hall–Kier alpha value is -3.22. The number of alkyl halides is 4. The maximum atomic E-state index is 14.9. The van der Waals surface area contributed by atoms with Gasteiger partial charge in [0, 0.05) is 19.6 Å². The average Bonchev–Trinajstić information content (AvgIpc) is 3.33. The van der Waals surface area contributed by atoms with Crippen LogP contribution in [0.25, 0.3) is 0 Å². The van der Waals surface area contributed by atoms with Crippen LogP contribution in [0.3, 0.4) is 0 Å². The number of carbonyl (C=O) groups is 2. The van der Waals surface area contributed by atoms with Crippen LogP contribution in [0.5, 0.6) is 0 Å². The Labute approximate surface area is 233 Å². The van der Waals surface area contributed by atoms with E-state index in [9.17, 15) is 45.1 Å². The molecule has 2 aliphatic heterocycles. The fourth-order valence-corrected chi connectivity index (χ4v) is 8.94. The van der Waals surface area contributed by atoms with Crippen molar-refractivity contribution in [1.82, 2.24) is 9.80 Å². The summed E-state index contributed by atoms with van der Waals surface area (Å²) >= 11 is 0. The summed E-state index contributed by atoms with van der Waals surface area (Å²) in [5, 5.41) is 9.47. The molecule has 0 bridgehead atoms. The lowest BCUT2D eigenvalue weighted by Gasteiger charge is -2.44. The fourth-order valence-electron chi connectivity index (χ4n) is 6.57. The number of piperidine rings is 1. The van der Waals surface area contributed by atoms with Crippen LogP contribution >= 0.6 is 0 Å². The highest BCUT2D eigenvalue weighted by molar-refractivity contribution is 7.92. The van der Waals surface area contributed by atoms with Crippen molar-refractivity contribution in [2.75, 3.05) is 19.6 Å². The van der Waals surface area contributed by atoms with E-state index in [2.05, 4.69) is 0 Å². The predicted octanol–water partition coefficient (Wildman–Crippen LogP) is 5.18. The number of sulfone groups is 1. The number of likely N-dealkylation sites (tertiary alicyclic amines) is 2. The van der Waals surface area contributed by atoms with Crippen molar-refractivity contribution in [3.05, 3.63) is 65.0 Å². The van der Waals surface area contributed by atoms with Gasteiger partial charge in [0.1, 0.15) is 10.6 Å². The van der Waals surface area contributed by atoms with Gasteiger partial charge in [0.05, 0.1) is 16.9 Å². The van der Waals surface area contributed by atoms with E-state index in [0.29, 0.717) is 26.3 Å². The van der Waals surface area contributed by atoms with E-state index in [1.165, 1.54) is 15.9 Å². The van der Waals surface area contributed by atoms with Crippen molar-refractivity contribution >= 4 is 21.8 Å². The Morgan fingerprint density at radius 3 is 2.34 bits per heavy atom. The lowest BCUT2D eigenvalue weighted by molar-refractivity contribution is -0.228. The number of carboxylic acid groups (broad SMARTS) is 1. The van der Waals surface area contributed by atoms with Crippen LogP contribution < -0.4 is 0 Å². The van der Waals surface area contributed by atoms with Gasteiger partial charge in [-0.1, -0.05) is 18.2 Å². The lowest BCUT2D eigenvalue weighted by atomic mass is 9.77. The van der Waals surface area contributed by atoms with Gasteiger partial charge >= 0.3 is 18.2 Å². The van der Waals surface area contributed by atoms with E-state index in [1.54, 1.807) is 0 Å². The van der Waals surface area contributed by atoms with E-state index in [1.807, 2.05) is 0 Å². The molecule has 41 heavy (non-hydrogen) atoms. The summed E-state index contributed by atoms with van der Waals surface area (Å²) in [5.41, 5.74) is -3.92. The molecule has 1 aliphatic carbocycles. The number of carboxylic acids is 1. The van der Waals surface area contributed by atoms with Gasteiger partial charge in [-0.15, -0.1) is 0 Å². The molecule has 1 N–H and O–H groups in total. The minimum atomic E-state index is -5.20. The molecule has 2 aromatic rings. The van der Waals surface area contributed by atoms with Gasteiger partial charge in [0.15, 0.2) is 9.84 Å². The Balaban J connectivity index is 1.61. The average molecular weight is 601 g/mol. The topological polar surface area (TPSA) is 95.0 Å². The largest absolute Gasteiger partial charge is 0.481 e. The molecule has 4 atom stereocenters. The Morgan fingerprint density at radius 1 is 1.02 bits per heavy atom. The quantitative estimate of drug-likeness (QED) is 0.386. The molecule has 2 amide bonds. The normalized spacial score (nSPS) is 26.2. The second-order valence-electron chi connectivity index (χ2n) is 11.1. The first kappa shape index (κ1) is 29.3. The zero-order valence-corrected chi connectivity index (χ0v) is 22.9. The zero-order chi connectivity index (χ0) is 30.0. The molecule has 3 aliphatic rings. The number of fused-ring (bicyclic) bond motifs is 3. The monoisotopic (exact) mass is 600 g/mol. The number of halogens is 5. The number of hydrogen-bond acceptors (Lipinski definition) is 4. The molecule has 1 unspecified atom stereocenters. The SMILES string of the molecule is CC(F)(c1ccc2c(c1)CC[C@H]1N(C(=O)N3CCC[C@H](C(=O)O)C3)CC[C@@]21S(=O)(=O)c1ccc(F)cc1)C(F)(F)F. The number of aryl methyl sites for hydroxylation is 1. The molecule has 2 heterocycles. The lowest BCUT2D eigenvalue weighted by Crippen LogP contribution is -2.56. The Bertz CT molecular complexity index is 1480. The number of carbonyl (C=O) groups excluding carboxylic acids is 1. The van der Waals surface area contributed by atoms with Gasteiger partial charge in [-0.3, -0.25) is 4.79 Å². The van der Waals surface area contributed by atoms with Crippen LogP contribution in [-0.4, -0.2) is 67.2 Å². The van der Waals surface area contributed by atoms with Crippen molar-refractivity contribution in [2.24, 2.45) is 5.92 Å². The summed E-state index contributed by atoms with van der Waals surface area (Å²) in [6, 6.07) is 5.93. The summed E-state index contributed by atoms with van der Waals surface area (Å²) in [6.45, 7) is 0.671. The standard InChI is InChI=1S/C28H29F5N2O5S/c1-26(30,28(31,32)33)19-5-10-22-17(15-19)4-11-23-27(22,41(39,40)21-8-6-20(29)7-9-21)12-14-35(23)25(38)34-13-2-3-18(16-34)24(36)37/h5-10,15,18,23H,2-4,11-14,16H2,1H3,(H,36,37)/t18-,23+,26?,27+/m0/s1. The molecular formula is C28H29F5N2O5S. The van der Waals surface area contributed by atoms with Crippen LogP contribution in [0.1, 0.15) is 49.3 Å². The van der Waals surface area contributed by atoms with Gasteiger partial charge in [-0.25, -0.2) is 22.0 Å². The minimum absolute atomic E-state index is 0.0112. The number of nitrogens with zero attached hydrogens (tertiary/aromatic N) is 2. The summed E-state index contributed by atoms with van der Waals surface area (Å²) < 4.78 is 96.1. The minimum Gasteiger partial charge on any atom is -0.481 e. The van der Waals surface area contributed by atoms with Crippen LogP contribution in [-0.2, 0) is 31.5 Å². The highest BCUT2D eigenvalue weighted by Gasteiger charge is 2.62. The molecule has 2 aromatic carbocycles. The van der Waals surface area contributed by atoms with Crippen molar-refractivity contribution in [2.45, 2.75) is 66.6 Å². The molecule has 7 nitrogen and oxygen atoms in total. The van der Waals surface area contributed by atoms with Crippen LogP contribution in [0, 0.1) is 11.7 Å². The van der Waals surface area contributed by atoms with E-state index in [4.69, 9.17) is 0 Å². The van der Waals surface area contributed by atoms with E-state index in [0.717, 1.165) is 36.4 Å². The maximum Gasteiger partial charge on any atom is 0.426 e. The first-order valence-corrected chi connectivity index (χ1v) is 14.8. The molecular weight excluding hydrogens is 571 g/mol. The predicted molar refractivity (Wildman–Crippen MR) is 137 cm³/mol. The third-order valence-corrected chi connectivity index (χ3v) is 11.4. The van der Waals surface area contributed by atoms with Gasteiger partial charge < -0.3 is 14.9 Å². The maximum absolute atomic E-state index is 14.9. The summed E-state index contributed by atoms with van der Waals surface area (Å²) in [7, 11) is -4.38. The number of rotatable bonds is 4. The zero-order valence-electron chi connectivity index (χ0n) is 22.1. The number of hydrogen-bond donors (Lipinski definition) is 1. The van der Waals surface area contributed by atoms with Crippen molar-refractivity contribution < 1.29 is 45.1 Å². The van der Waals surface area contributed by atoms with Crippen LogP contribution in [0.2, 0.25) is 0 Å². The second-order valence-corrected chi connectivity index (χ2v) is 13.3. The Morgan fingerprint density at radius 2 is 1.71 bits per heavy atom. The number of urea groups is 1. The number of benzene rings is 2. The van der Waals surface area contributed by atoms with E-state index in [-0.39, 0.29) is 48.4 Å². The van der Waals surface area contributed by atoms with Gasteiger partial charge in [0.2, 0.25) is 5.67 Å². The van der Waals surface area contributed by atoms with Crippen molar-refractivity contribution in [3.63, 3.8) is 0 Å². The van der Waals surface area contributed by atoms with E-state index >= 15 is 0 Å². The number of aliphatic carboxylic acids is 1. The van der Waals surface area contributed by atoms with Crippen LogP contribution in [0.4, 0.5) is 26.7 Å². The molecule has 2 fully saturated rings. The molecule has 222 valence electrons. The third-order valence-electron chi connectivity index (χ3n) is 8.85. The molecule has 0 radical (unpaired) electrons. The molecule has 13 heteroatoms. The fraction of sp³-hybridized carbons (Fsp3) is 0.500. The highest BCUT2D eigenvalue weighted by Crippen LogP contribution is 2.54. The summed E-state index contributed by atoms with van der Waals surface area (Å²) in [5.74, 6) is -2.45. The van der Waals surface area contributed by atoms with Gasteiger partial charge in [-0.05, 0) is 80.0 Å². The van der Waals surface area contributed by atoms with Crippen LogP contribution in [0.15, 0.2) is 47.4 Å². The molecule has 0 aromatic heterocycles. The second kappa shape index (κ2) is 9.95. The molecule has 2 saturated heterocycles. The smallest absolute Gasteiger partial charge is 0.426 e. The van der Waals surface area contributed by atoms with Gasteiger partial charge in [-0.2, -0.15) is 13.2 Å². The number of amides is 2. The highest BCUT2D eigenvalue weighted by atomic mass is 32.2. The van der Waals surface area contributed by atoms with E-state index < -0.39 is 61.8 Å². The first-order chi connectivity index (χ1) is 19.1.